The summed E-state index contributed by atoms with van der Waals surface area (Å²) in [6.07, 6.45) is -4.50. The molecular formula is C19H17ClF3N4O2. The van der Waals surface area contributed by atoms with Crippen LogP contribution in [-0.2, 0) is 6.18 Å². The maximum Gasteiger partial charge on any atom is 0.416 e. The lowest BCUT2D eigenvalue weighted by atomic mass is 10.1. The summed E-state index contributed by atoms with van der Waals surface area (Å²) < 4.78 is 40.6. The zero-order valence-corrected chi connectivity index (χ0v) is 15.7. The summed E-state index contributed by atoms with van der Waals surface area (Å²) in [5.41, 5.74) is -0.0838. The summed E-state index contributed by atoms with van der Waals surface area (Å²) in [6, 6.07) is 5.73. The van der Waals surface area contributed by atoms with E-state index in [-0.39, 0.29) is 22.2 Å². The van der Waals surface area contributed by atoms with Crippen molar-refractivity contribution in [2.75, 3.05) is 5.32 Å². The summed E-state index contributed by atoms with van der Waals surface area (Å²) in [4.78, 5) is 4.18. The van der Waals surface area contributed by atoms with Crippen molar-refractivity contribution in [2.24, 2.45) is 5.92 Å². The lowest BCUT2D eigenvalue weighted by Gasteiger charge is -2.19. The van der Waals surface area contributed by atoms with Crippen molar-refractivity contribution in [3.63, 3.8) is 0 Å². The minimum atomic E-state index is -4.51. The van der Waals surface area contributed by atoms with Gasteiger partial charge in [-0.3, -0.25) is 0 Å². The molecule has 153 valence electrons. The molecule has 2 aromatic heterocycles. The Morgan fingerprint density at radius 3 is 2.59 bits per heavy atom. The Morgan fingerprint density at radius 1 is 1.17 bits per heavy atom. The third kappa shape index (κ3) is 3.65. The van der Waals surface area contributed by atoms with Crippen molar-refractivity contribution in [3.8, 4) is 11.3 Å². The highest BCUT2D eigenvalue weighted by Crippen LogP contribution is 2.36. The largest absolute Gasteiger partial charge is 0.416 e. The number of aromatic nitrogens is 3. The first-order valence-electron chi connectivity index (χ1n) is 8.83. The van der Waals surface area contributed by atoms with Gasteiger partial charge in [-0.25, -0.2) is 4.98 Å². The van der Waals surface area contributed by atoms with Gasteiger partial charge in [0.25, 0.3) is 0 Å². The Morgan fingerprint density at radius 2 is 1.93 bits per heavy atom. The van der Waals surface area contributed by atoms with Crippen LogP contribution in [-0.4, -0.2) is 43.1 Å². The van der Waals surface area contributed by atoms with Gasteiger partial charge in [-0.05, 0) is 43.5 Å². The molecule has 29 heavy (non-hydrogen) atoms. The third-order valence-electron chi connectivity index (χ3n) is 5.06. The first kappa shape index (κ1) is 19.9. The topological polar surface area (TPSA) is 82.7 Å². The van der Waals surface area contributed by atoms with Crippen LogP contribution in [0.3, 0.4) is 0 Å². The fourth-order valence-electron chi connectivity index (χ4n) is 3.49. The summed E-state index contributed by atoms with van der Waals surface area (Å²) in [5.74, 6) is 0.145. The molecule has 4 atom stereocenters. The van der Waals surface area contributed by atoms with Crippen LogP contribution in [0.15, 0.2) is 36.5 Å². The standard InChI is InChI=1S/C19H17ClF3N4O2/c1-9-6-14(18(29)17(9)28)25-15-4-5-24-16-8-13(26-27(15)16)11-7-10(19(21,22)23)2-3-12(11)20/h2-5,7-9,14,17-18,25,28-29H,1,6H2/t9-,14-,17-,18+/m1/s1. The molecule has 1 aliphatic carbocycles. The Hall–Kier alpha value is -2.36. The molecule has 0 bridgehead atoms. The molecule has 1 aromatic carbocycles. The average Bonchev–Trinajstić information content (AvgIpc) is 3.19. The summed E-state index contributed by atoms with van der Waals surface area (Å²) in [5, 5.41) is 27.7. The molecule has 3 aromatic rings. The Kier molecular flexibility index (Phi) is 4.92. The molecule has 6 nitrogen and oxygen atoms in total. The predicted octanol–water partition coefficient (Wildman–Crippen LogP) is 3.42. The van der Waals surface area contributed by atoms with E-state index < -0.39 is 30.0 Å². The first-order chi connectivity index (χ1) is 13.6. The Labute approximate surface area is 169 Å². The number of rotatable bonds is 3. The van der Waals surface area contributed by atoms with E-state index in [0.717, 1.165) is 12.1 Å². The molecule has 0 amide bonds. The second-order valence-corrected chi connectivity index (χ2v) is 7.46. The molecule has 2 heterocycles. The van der Waals surface area contributed by atoms with Crippen molar-refractivity contribution in [3.05, 3.63) is 54.0 Å². The predicted molar refractivity (Wildman–Crippen MR) is 101 cm³/mol. The van der Waals surface area contributed by atoms with Gasteiger partial charge in [0.1, 0.15) is 11.9 Å². The summed E-state index contributed by atoms with van der Waals surface area (Å²) in [7, 11) is 0. The smallest absolute Gasteiger partial charge is 0.390 e. The monoisotopic (exact) mass is 425 g/mol. The normalized spacial score (nSPS) is 24.9. The molecular weight excluding hydrogens is 409 g/mol. The van der Waals surface area contributed by atoms with E-state index >= 15 is 0 Å². The van der Waals surface area contributed by atoms with E-state index in [4.69, 9.17) is 11.6 Å². The SMILES string of the molecule is [CH2][C@@H]1C[C@@H](Nc2ccnc3cc(-c4cc(C(F)(F)F)ccc4Cl)nn23)[C@H](O)[C@@H]1O. The zero-order valence-electron chi connectivity index (χ0n) is 14.9. The van der Waals surface area contributed by atoms with E-state index in [1.54, 1.807) is 6.07 Å². The van der Waals surface area contributed by atoms with Gasteiger partial charge in [0.2, 0.25) is 0 Å². The highest BCUT2D eigenvalue weighted by Gasteiger charge is 2.39. The molecule has 0 unspecified atom stereocenters. The number of halogens is 4. The van der Waals surface area contributed by atoms with Crippen LogP contribution in [0, 0.1) is 12.8 Å². The highest BCUT2D eigenvalue weighted by molar-refractivity contribution is 6.33. The number of hydrogen-bond donors (Lipinski definition) is 3. The average molecular weight is 426 g/mol. The fourth-order valence-corrected chi connectivity index (χ4v) is 3.70. The van der Waals surface area contributed by atoms with Gasteiger partial charge in [-0.2, -0.15) is 22.8 Å². The third-order valence-corrected chi connectivity index (χ3v) is 5.39. The van der Waals surface area contributed by atoms with Gasteiger partial charge < -0.3 is 15.5 Å². The van der Waals surface area contributed by atoms with Crippen LogP contribution in [0.4, 0.5) is 19.0 Å². The molecule has 1 fully saturated rings. The number of hydrogen-bond acceptors (Lipinski definition) is 5. The van der Waals surface area contributed by atoms with Gasteiger partial charge in [0.15, 0.2) is 5.65 Å². The van der Waals surface area contributed by atoms with Crippen molar-refractivity contribution in [1.82, 2.24) is 14.6 Å². The lowest BCUT2D eigenvalue weighted by molar-refractivity contribution is -0.137. The number of anilines is 1. The molecule has 1 aliphatic rings. The number of nitrogens with one attached hydrogen (secondary N) is 1. The van der Waals surface area contributed by atoms with Crippen molar-refractivity contribution in [2.45, 2.75) is 30.8 Å². The quantitative estimate of drug-likeness (QED) is 0.599. The zero-order chi connectivity index (χ0) is 20.9. The molecule has 1 saturated carbocycles. The maximum atomic E-state index is 13.1. The summed E-state index contributed by atoms with van der Waals surface area (Å²) >= 11 is 6.12. The van der Waals surface area contributed by atoms with Crippen LogP contribution in [0.5, 0.6) is 0 Å². The Bertz CT molecular complexity index is 1060. The van der Waals surface area contributed by atoms with E-state index in [1.807, 2.05) is 0 Å². The van der Waals surface area contributed by atoms with Crippen LogP contribution < -0.4 is 5.32 Å². The maximum absolute atomic E-state index is 13.1. The molecule has 10 heteroatoms. The van der Waals surface area contributed by atoms with Crippen molar-refractivity contribution < 1.29 is 23.4 Å². The second-order valence-electron chi connectivity index (χ2n) is 7.05. The Balaban J connectivity index is 1.72. The minimum absolute atomic E-state index is 0.130. The molecule has 3 N–H and O–H groups in total. The second kappa shape index (κ2) is 7.16. The van der Waals surface area contributed by atoms with Crippen LogP contribution >= 0.6 is 11.6 Å². The molecule has 0 aliphatic heterocycles. The van der Waals surface area contributed by atoms with Gasteiger partial charge in [-0.1, -0.05) is 11.6 Å². The van der Waals surface area contributed by atoms with Gasteiger partial charge in [-0.15, -0.1) is 0 Å². The van der Waals surface area contributed by atoms with E-state index in [0.29, 0.717) is 17.9 Å². The van der Waals surface area contributed by atoms with Crippen LogP contribution in [0.2, 0.25) is 5.02 Å². The number of alkyl halides is 3. The van der Waals surface area contributed by atoms with E-state index in [1.165, 1.54) is 22.8 Å². The fraction of sp³-hybridized carbons (Fsp3) is 0.316. The van der Waals surface area contributed by atoms with Crippen molar-refractivity contribution in [1.29, 1.82) is 0 Å². The number of benzene rings is 1. The van der Waals surface area contributed by atoms with Crippen LogP contribution in [0.1, 0.15) is 12.0 Å². The van der Waals surface area contributed by atoms with Crippen molar-refractivity contribution >= 4 is 23.1 Å². The first-order valence-corrected chi connectivity index (χ1v) is 9.20. The summed E-state index contributed by atoms with van der Waals surface area (Å²) in [6.45, 7) is 3.81. The number of nitrogens with zero attached hydrogens (tertiary/aromatic N) is 3. The van der Waals surface area contributed by atoms with E-state index in [9.17, 15) is 23.4 Å². The molecule has 4 rings (SSSR count). The highest BCUT2D eigenvalue weighted by atomic mass is 35.5. The van der Waals surface area contributed by atoms with E-state index in [2.05, 4.69) is 22.3 Å². The minimum Gasteiger partial charge on any atom is -0.390 e. The van der Waals surface area contributed by atoms with Gasteiger partial charge >= 0.3 is 6.18 Å². The molecule has 0 spiro atoms. The molecule has 1 radical (unpaired) electrons. The lowest BCUT2D eigenvalue weighted by Crippen LogP contribution is -2.35. The number of aliphatic hydroxyl groups excluding tert-OH is 2. The van der Waals surface area contributed by atoms with Gasteiger partial charge in [0, 0.05) is 17.8 Å². The number of aliphatic hydroxyl groups is 2. The number of fused-ring (bicyclic) bond motifs is 1. The molecule has 0 saturated heterocycles. The van der Waals surface area contributed by atoms with Gasteiger partial charge in [0.05, 0.1) is 28.4 Å². The van der Waals surface area contributed by atoms with Crippen LogP contribution in [0.25, 0.3) is 16.9 Å².